The molecule has 0 bridgehead atoms. The molecule has 1 atom stereocenters. The van der Waals surface area contributed by atoms with Gasteiger partial charge in [-0.25, -0.2) is 9.78 Å². The first-order chi connectivity index (χ1) is 11.4. The zero-order chi connectivity index (χ0) is 16.4. The second kappa shape index (κ2) is 16.7. The van der Waals surface area contributed by atoms with Crippen LogP contribution in [0.1, 0.15) is 116 Å². The van der Waals surface area contributed by atoms with Crippen molar-refractivity contribution >= 4 is 0 Å². The van der Waals surface area contributed by atoms with Crippen LogP contribution in [0, 0.1) is 0 Å². The highest BCUT2D eigenvalue weighted by atomic mass is 17.5. The summed E-state index contributed by atoms with van der Waals surface area (Å²) >= 11 is 0. The molecule has 0 spiro atoms. The highest BCUT2D eigenvalue weighted by molar-refractivity contribution is 4.58. The van der Waals surface area contributed by atoms with E-state index in [0.717, 1.165) is 12.8 Å². The maximum absolute atomic E-state index is 5.07. The first-order valence-electron chi connectivity index (χ1n) is 10.4. The molecule has 3 nitrogen and oxygen atoms in total. The fraction of sp³-hybridized carbons (Fsp3) is 1.00. The summed E-state index contributed by atoms with van der Waals surface area (Å²) in [7, 11) is 0. The molecule has 1 saturated heterocycles. The Kier molecular flexibility index (Phi) is 15.2. The Morgan fingerprint density at radius 1 is 0.652 bits per heavy atom. The van der Waals surface area contributed by atoms with E-state index in [9.17, 15) is 0 Å². The van der Waals surface area contributed by atoms with Crippen molar-refractivity contribution < 1.29 is 14.8 Å². The standard InChI is InChI=1S/C20H40O3/c1-2-3-4-5-6-7-8-9-10-11-12-13-14-15-16-17-20-18-19-21-23-22-20/h20H,2-19H2,1H3. The lowest BCUT2D eigenvalue weighted by atomic mass is 10.0. The van der Waals surface area contributed by atoms with Crippen LogP contribution in [0.15, 0.2) is 0 Å². The normalized spacial score (nSPS) is 18.4. The van der Waals surface area contributed by atoms with Crippen molar-refractivity contribution in [2.24, 2.45) is 0 Å². The zero-order valence-corrected chi connectivity index (χ0v) is 15.5. The Morgan fingerprint density at radius 2 is 1.13 bits per heavy atom. The van der Waals surface area contributed by atoms with Crippen LogP contribution in [0.3, 0.4) is 0 Å². The Bertz CT molecular complexity index is 227. The Labute approximate surface area is 144 Å². The molecular formula is C20H40O3. The topological polar surface area (TPSA) is 27.7 Å². The van der Waals surface area contributed by atoms with Gasteiger partial charge in [0, 0.05) is 6.42 Å². The minimum atomic E-state index is 0.255. The molecule has 1 unspecified atom stereocenters. The third-order valence-corrected chi connectivity index (χ3v) is 4.88. The Hall–Kier alpha value is -0.120. The van der Waals surface area contributed by atoms with Gasteiger partial charge in [-0.1, -0.05) is 108 Å². The van der Waals surface area contributed by atoms with Crippen LogP contribution in [-0.2, 0) is 14.8 Å². The van der Waals surface area contributed by atoms with Gasteiger partial charge >= 0.3 is 0 Å². The zero-order valence-electron chi connectivity index (χ0n) is 15.5. The SMILES string of the molecule is CCCCCCCCCCCCCCCCCC1CCOOO1. The summed E-state index contributed by atoms with van der Waals surface area (Å²) in [6.07, 6.45) is 23.5. The quantitative estimate of drug-likeness (QED) is 0.228. The van der Waals surface area contributed by atoms with Gasteiger partial charge < -0.3 is 0 Å². The van der Waals surface area contributed by atoms with Gasteiger partial charge in [0.2, 0.25) is 0 Å². The summed E-state index contributed by atoms with van der Waals surface area (Å²) in [4.78, 5) is 9.78. The van der Waals surface area contributed by atoms with Crippen LogP contribution in [0.4, 0.5) is 0 Å². The average molecular weight is 329 g/mol. The molecule has 0 aromatic heterocycles. The van der Waals surface area contributed by atoms with Crippen LogP contribution >= 0.6 is 0 Å². The van der Waals surface area contributed by atoms with E-state index in [1.165, 1.54) is 96.3 Å². The molecule has 0 N–H and O–H groups in total. The Balaban J connectivity index is 1.67. The molecule has 0 amide bonds. The van der Waals surface area contributed by atoms with E-state index in [2.05, 4.69) is 12.0 Å². The van der Waals surface area contributed by atoms with Gasteiger partial charge in [-0.3, -0.25) is 0 Å². The summed E-state index contributed by atoms with van der Waals surface area (Å²) in [5, 5.41) is 4.56. The van der Waals surface area contributed by atoms with E-state index >= 15 is 0 Å². The monoisotopic (exact) mass is 328 g/mol. The van der Waals surface area contributed by atoms with Crippen LogP contribution in [0.25, 0.3) is 0 Å². The fourth-order valence-electron chi connectivity index (χ4n) is 3.28. The minimum absolute atomic E-state index is 0.255. The highest BCUT2D eigenvalue weighted by Gasteiger charge is 2.15. The molecule has 1 heterocycles. The van der Waals surface area contributed by atoms with Gasteiger partial charge in [0.15, 0.2) is 0 Å². The lowest BCUT2D eigenvalue weighted by Gasteiger charge is -2.19. The summed E-state index contributed by atoms with van der Waals surface area (Å²) in [5.41, 5.74) is 0. The van der Waals surface area contributed by atoms with Gasteiger partial charge in [0.05, 0.1) is 12.7 Å². The van der Waals surface area contributed by atoms with E-state index in [1.54, 1.807) is 0 Å². The predicted molar refractivity (Wildman–Crippen MR) is 96.1 cm³/mol. The second-order valence-corrected chi connectivity index (χ2v) is 7.14. The van der Waals surface area contributed by atoms with E-state index < -0.39 is 0 Å². The highest BCUT2D eigenvalue weighted by Crippen LogP contribution is 2.17. The largest absolute Gasteiger partial charge is 0.206 e. The van der Waals surface area contributed by atoms with Gasteiger partial charge in [-0.2, -0.15) is 0 Å². The molecule has 0 aliphatic carbocycles. The van der Waals surface area contributed by atoms with Gasteiger partial charge in [0.25, 0.3) is 0 Å². The van der Waals surface area contributed by atoms with Crippen molar-refractivity contribution in [3.8, 4) is 0 Å². The molecule has 0 aromatic rings. The number of hydrogen-bond donors (Lipinski definition) is 0. The van der Waals surface area contributed by atoms with Crippen molar-refractivity contribution in [2.45, 2.75) is 122 Å². The van der Waals surface area contributed by atoms with Gasteiger partial charge in [0.1, 0.15) is 0 Å². The molecule has 1 aliphatic heterocycles. The van der Waals surface area contributed by atoms with Gasteiger partial charge in [-0.05, 0) is 6.42 Å². The smallest absolute Gasteiger partial charge is 0.0984 e. The van der Waals surface area contributed by atoms with Crippen molar-refractivity contribution in [1.82, 2.24) is 0 Å². The lowest BCUT2D eigenvalue weighted by Crippen LogP contribution is -2.21. The molecule has 1 rings (SSSR count). The fourth-order valence-corrected chi connectivity index (χ4v) is 3.28. The van der Waals surface area contributed by atoms with Crippen LogP contribution in [0.5, 0.6) is 0 Å². The molecule has 0 aromatic carbocycles. The predicted octanol–water partition coefficient (Wildman–Crippen LogP) is 6.90. The number of unbranched alkanes of at least 4 members (excludes halogenated alkanes) is 14. The van der Waals surface area contributed by atoms with Gasteiger partial charge in [-0.15, -0.1) is 0 Å². The van der Waals surface area contributed by atoms with Crippen molar-refractivity contribution in [1.29, 1.82) is 0 Å². The lowest BCUT2D eigenvalue weighted by molar-refractivity contribution is -0.549. The van der Waals surface area contributed by atoms with Crippen LogP contribution in [-0.4, -0.2) is 12.7 Å². The second-order valence-electron chi connectivity index (χ2n) is 7.14. The molecule has 138 valence electrons. The first-order valence-corrected chi connectivity index (χ1v) is 10.4. The number of rotatable bonds is 16. The van der Waals surface area contributed by atoms with Crippen LogP contribution in [0.2, 0.25) is 0 Å². The molecule has 23 heavy (non-hydrogen) atoms. The van der Waals surface area contributed by atoms with E-state index in [4.69, 9.17) is 9.78 Å². The maximum atomic E-state index is 5.07. The molecular weight excluding hydrogens is 288 g/mol. The maximum Gasteiger partial charge on any atom is 0.0984 e. The third kappa shape index (κ3) is 14.0. The first kappa shape index (κ1) is 20.9. The summed E-state index contributed by atoms with van der Waals surface area (Å²) in [5.74, 6) is 0. The van der Waals surface area contributed by atoms with E-state index in [0.29, 0.717) is 6.61 Å². The molecule has 0 saturated carbocycles. The molecule has 1 aliphatic rings. The summed E-state index contributed by atoms with van der Waals surface area (Å²) in [6, 6.07) is 0. The van der Waals surface area contributed by atoms with Crippen LogP contribution < -0.4 is 0 Å². The van der Waals surface area contributed by atoms with E-state index in [-0.39, 0.29) is 6.10 Å². The Morgan fingerprint density at radius 3 is 1.57 bits per heavy atom. The minimum Gasteiger partial charge on any atom is -0.206 e. The van der Waals surface area contributed by atoms with Crippen molar-refractivity contribution in [3.05, 3.63) is 0 Å². The molecule has 1 fully saturated rings. The summed E-state index contributed by atoms with van der Waals surface area (Å²) < 4.78 is 0. The van der Waals surface area contributed by atoms with Crippen molar-refractivity contribution in [2.75, 3.05) is 6.61 Å². The molecule has 0 radical (unpaired) electrons. The van der Waals surface area contributed by atoms with Crippen molar-refractivity contribution in [3.63, 3.8) is 0 Å². The third-order valence-electron chi connectivity index (χ3n) is 4.88. The average Bonchev–Trinajstić information content (AvgIpc) is 2.59. The molecule has 3 heteroatoms. The van der Waals surface area contributed by atoms with E-state index in [1.807, 2.05) is 0 Å². The summed E-state index contributed by atoms with van der Waals surface area (Å²) in [6.45, 7) is 2.96. The number of hydrogen-bond acceptors (Lipinski definition) is 3.